The van der Waals surface area contributed by atoms with Gasteiger partial charge in [-0.2, -0.15) is 0 Å². The number of allylic oxidation sites excluding steroid dienone is 3. The molecule has 0 saturated carbocycles. The van der Waals surface area contributed by atoms with Gasteiger partial charge in [0.25, 0.3) is 5.56 Å². The fourth-order valence-electron chi connectivity index (χ4n) is 3.41. The number of rotatable bonds is 5. The van der Waals surface area contributed by atoms with E-state index >= 15 is 0 Å². The lowest BCUT2D eigenvalue weighted by atomic mass is 10.1. The highest BCUT2D eigenvalue weighted by Gasteiger charge is 2.24. The minimum atomic E-state index is -1.15. The minimum absolute atomic E-state index is 0.0104. The number of thiophene rings is 1. The van der Waals surface area contributed by atoms with Gasteiger partial charge in [0.2, 0.25) is 0 Å². The van der Waals surface area contributed by atoms with Crippen LogP contribution in [0.5, 0.6) is 5.75 Å². The number of fused-ring (bicyclic) bond motifs is 2. The maximum atomic E-state index is 12.9. The molecule has 2 aromatic heterocycles. The second-order valence-corrected chi connectivity index (χ2v) is 7.29. The van der Waals surface area contributed by atoms with Crippen LogP contribution in [0.25, 0.3) is 16.0 Å². The van der Waals surface area contributed by atoms with Crippen LogP contribution in [0.3, 0.4) is 0 Å². The number of carboxylic acid groups (broad SMARTS) is 1. The molecule has 0 spiro atoms. The Morgan fingerprint density at radius 3 is 2.87 bits per heavy atom. The highest BCUT2D eigenvalue weighted by molar-refractivity contribution is 7.17. The molecule has 1 aliphatic heterocycles. The zero-order chi connectivity index (χ0) is 21.4. The number of hydrogen-bond acceptors (Lipinski definition) is 7. The molecular formula is C21H18N4O4S. The maximum absolute atomic E-state index is 12.9. The Morgan fingerprint density at radius 1 is 1.37 bits per heavy atom. The summed E-state index contributed by atoms with van der Waals surface area (Å²) in [4.78, 5) is 31.0. The van der Waals surface area contributed by atoms with Gasteiger partial charge in [-0.1, -0.05) is 19.2 Å². The Hall–Kier alpha value is -3.85. The fraction of sp³-hybridized carbons (Fsp3) is 0.0952. The van der Waals surface area contributed by atoms with Crippen molar-refractivity contribution < 1.29 is 14.6 Å². The molecule has 30 heavy (non-hydrogen) atoms. The molecule has 0 atom stereocenters. The first-order chi connectivity index (χ1) is 14.5. The second-order valence-electron chi connectivity index (χ2n) is 6.43. The van der Waals surface area contributed by atoms with Crippen LogP contribution in [-0.4, -0.2) is 33.8 Å². The molecule has 152 valence electrons. The Balaban J connectivity index is 2.00. The summed E-state index contributed by atoms with van der Waals surface area (Å²) in [6.45, 7) is 8.65. The second kappa shape index (κ2) is 7.53. The normalized spacial score (nSPS) is 13.6. The summed E-state index contributed by atoms with van der Waals surface area (Å²) >= 11 is 1.12. The summed E-state index contributed by atoms with van der Waals surface area (Å²) in [6.07, 6.45) is 5.20. The third-order valence-corrected chi connectivity index (χ3v) is 5.58. The van der Waals surface area contributed by atoms with Gasteiger partial charge in [-0.15, -0.1) is 11.3 Å². The number of anilines is 2. The van der Waals surface area contributed by atoms with E-state index in [2.05, 4.69) is 18.1 Å². The van der Waals surface area contributed by atoms with Crippen LogP contribution < -0.4 is 20.9 Å². The molecule has 1 aliphatic rings. The molecule has 0 radical (unpaired) electrons. The molecular weight excluding hydrogens is 404 g/mol. The first-order valence-electron chi connectivity index (χ1n) is 8.99. The maximum Gasteiger partial charge on any atom is 0.338 e. The molecule has 0 amide bonds. The standard InChI is InChI=1S/C21H18N4O4S/c1-3-5-12(4-2)24-8-9-29-16-7-6-13(10-15(16)24)25-17-14(21(27)28)11-30-19(17)23-18(22)20(25)26/h3-7,10-11H,1-2,8-9H2,(H2,22,23)(H,27,28)/b12-5+. The van der Waals surface area contributed by atoms with Crippen LogP contribution >= 0.6 is 11.3 Å². The summed E-state index contributed by atoms with van der Waals surface area (Å²) in [5.41, 5.74) is 7.43. The average Bonchev–Trinajstić information content (AvgIpc) is 3.15. The molecule has 0 unspecified atom stereocenters. The average molecular weight is 422 g/mol. The highest BCUT2D eigenvalue weighted by Crippen LogP contribution is 2.37. The monoisotopic (exact) mass is 422 g/mol. The predicted molar refractivity (Wildman–Crippen MR) is 118 cm³/mol. The van der Waals surface area contributed by atoms with Gasteiger partial charge in [0.05, 0.1) is 23.5 Å². The van der Waals surface area contributed by atoms with Crippen molar-refractivity contribution in [1.29, 1.82) is 0 Å². The molecule has 8 nitrogen and oxygen atoms in total. The van der Waals surface area contributed by atoms with E-state index in [-0.39, 0.29) is 16.9 Å². The van der Waals surface area contributed by atoms with Gasteiger partial charge < -0.3 is 20.5 Å². The summed E-state index contributed by atoms with van der Waals surface area (Å²) in [6, 6.07) is 5.20. The third-order valence-electron chi connectivity index (χ3n) is 4.72. The molecule has 4 rings (SSSR count). The fourth-order valence-corrected chi connectivity index (χ4v) is 4.32. The van der Waals surface area contributed by atoms with Gasteiger partial charge in [-0.3, -0.25) is 9.36 Å². The number of carboxylic acids is 1. The van der Waals surface area contributed by atoms with Crippen molar-refractivity contribution in [3.05, 3.63) is 76.6 Å². The zero-order valence-electron chi connectivity index (χ0n) is 15.9. The zero-order valence-corrected chi connectivity index (χ0v) is 16.7. The van der Waals surface area contributed by atoms with E-state index < -0.39 is 11.5 Å². The number of nitrogen functional groups attached to an aromatic ring is 1. The van der Waals surface area contributed by atoms with E-state index in [0.29, 0.717) is 35.1 Å². The van der Waals surface area contributed by atoms with Gasteiger partial charge in [0.1, 0.15) is 22.7 Å². The third kappa shape index (κ3) is 3.05. The first-order valence-corrected chi connectivity index (χ1v) is 9.87. The Morgan fingerprint density at radius 2 is 2.17 bits per heavy atom. The van der Waals surface area contributed by atoms with Crippen LogP contribution in [0.1, 0.15) is 10.4 Å². The van der Waals surface area contributed by atoms with Crippen molar-refractivity contribution in [2.24, 2.45) is 0 Å². The van der Waals surface area contributed by atoms with Gasteiger partial charge >= 0.3 is 5.97 Å². The van der Waals surface area contributed by atoms with Crippen molar-refractivity contribution in [3.8, 4) is 11.4 Å². The first kappa shape index (κ1) is 19.5. The summed E-state index contributed by atoms with van der Waals surface area (Å²) < 4.78 is 7.05. The lowest BCUT2D eigenvalue weighted by Gasteiger charge is -2.32. The molecule has 3 aromatic rings. The van der Waals surface area contributed by atoms with Gasteiger partial charge in [0, 0.05) is 11.1 Å². The molecule has 3 N–H and O–H groups in total. The predicted octanol–water partition coefficient (Wildman–Crippen LogP) is 3.18. The van der Waals surface area contributed by atoms with Crippen molar-refractivity contribution in [3.63, 3.8) is 0 Å². The molecule has 3 heterocycles. The lowest BCUT2D eigenvalue weighted by molar-refractivity contribution is 0.0699. The molecule has 0 saturated heterocycles. The number of nitrogens with two attached hydrogens (primary N) is 1. The van der Waals surface area contributed by atoms with Crippen molar-refractivity contribution in [2.75, 3.05) is 23.8 Å². The van der Waals surface area contributed by atoms with Crippen LogP contribution in [0.15, 0.2) is 65.5 Å². The van der Waals surface area contributed by atoms with E-state index in [9.17, 15) is 14.7 Å². The Labute approximate surface area is 175 Å². The summed E-state index contributed by atoms with van der Waals surface area (Å²) in [5, 5.41) is 11.0. The van der Waals surface area contributed by atoms with Crippen molar-refractivity contribution in [2.45, 2.75) is 0 Å². The minimum Gasteiger partial charge on any atom is -0.490 e. The van der Waals surface area contributed by atoms with E-state index in [1.165, 1.54) is 9.95 Å². The van der Waals surface area contributed by atoms with E-state index in [4.69, 9.17) is 10.5 Å². The number of ether oxygens (including phenoxy) is 1. The molecule has 0 fully saturated rings. The van der Waals surface area contributed by atoms with Crippen LogP contribution in [-0.2, 0) is 0 Å². The molecule has 9 heteroatoms. The van der Waals surface area contributed by atoms with Gasteiger partial charge in [-0.05, 0) is 30.4 Å². The number of nitrogens with zero attached hydrogens (tertiary/aromatic N) is 3. The quantitative estimate of drug-likeness (QED) is 0.608. The number of aromatic nitrogens is 2. The van der Waals surface area contributed by atoms with Crippen LogP contribution in [0, 0.1) is 0 Å². The van der Waals surface area contributed by atoms with Crippen molar-refractivity contribution in [1.82, 2.24) is 9.55 Å². The van der Waals surface area contributed by atoms with Gasteiger partial charge in [-0.25, -0.2) is 9.78 Å². The Bertz CT molecular complexity index is 1290. The number of aromatic carboxylic acids is 1. The SMILES string of the molecule is C=C/C=C(\C=C)N1CCOc2ccc(-n3c(=O)c(N)nc4scc(C(=O)O)c43)cc21. The van der Waals surface area contributed by atoms with E-state index in [0.717, 1.165) is 17.0 Å². The van der Waals surface area contributed by atoms with E-state index in [1.54, 1.807) is 30.4 Å². The molecule has 0 aliphatic carbocycles. The smallest absolute Gasteiger partial charge is 0.338 e. The van der Waals surface area contributed by atoms with Crippen LogP contribution in [0.2, 0.25) is 0 Å². The van der Waals surface area contributed by atoms with Crippen molar-refractivity contribution >= 4 is 39.2 Å². The largest absolute Gasteiger partial charge is 0.490 e. The van der Waals surface area contributed by atoms with Crippen LogP contribution in [0.4, 0.5) is 11.5 Å². The number of benzene rings is 1. The highest BCUT2D eigenvalue weighted by atomic mass is 32.1. The number of hydrogen-bond donors (Lipinski definition) is 2. The Kier molecular flexibility index (Phi) is 4.88. The molecule has 0 bridgehead atoms. The lowest BCUT2D eigenvalue weighted by Crippen LogP contribution is -2.32. The number of carbonyl (C=O) groups is 1. The molecule has 1 aromatic carbocycles. The van der Waals surface area contributed by atoms with Gasteiger partial charge in [0.15, 0.2) is 5.82 Å². The van der Waals surface area contributed by atoms with E-state index in [1.807, 2.05) is 11.0 Å². The summed E-state index contributed by atoms with van der Waals surface area (Å²) in [7, 11) is 0. The topological polar surface area (TPSA) is 111 Å². The summed E-state index contributed by atoms with van der Waals surface area (Å²) in [5.74, 6) is -0.714.